The standard InChI is InChI=1S/C17H22O5/c1-19-11-22-10-12-5-4-6-15(18)17(12)14-9-13(20-2)7-8-16(14)21-3/h7-9H,4-6,10-11H2,1-3H3. The number of hydrogen-bond donors (Lipinski definition) is 0. The zero-order chi connectivity index (χ0) is 15.9. The maximum absolute atomic E-state index is 12.5. The zero-order valence-corrected chi connectivity index (χ0v) is 13.3. The second-order valence-corrected chi connectivity index (χ2v) is 5.08. The zero-order valence-electron chi connectivity index (χ0n) is 13.3. The quantitative estimate of drug-likeness (QED) is 0.573. The third-order valence-electron chi connectivity index (χ3n) is 3.67. The molecule has 0 amide bonds. The van der Waals surface area contributed by atoms with E-state index in [0.29, 0.717) is 30.1 Å². The van der Waals surface area contributed by atoms with Gasteiger partial charge in [-0.1, -0.05) is 0 Å². The summed E-state index contributed by atoms with van der Waals surface area (Å²) in [6, 6.07) is 5.47. The molecule has 5 nitrogen and oxygen atoms in total. The fourth-order valence-corrected chi connectivity index (χ4v) is 2.65. The van der Waals surface area contributed by atoms with Crippen molar-refractivity contribution in [2.24, 2.45) is 0 Å². The molecule has 0 aliphatic heterocycles. The van der Waals surface area contributed by atoms with E-state index in [9.17, 15) is 4.79 Å². The van der Waals surface area contributed by atoms with Crippen LogP contribution in [-0.4, -0.2) is 40.5 Å². The normalized spacial score (nSPS) is 15.1. The fourth-order valence-electron chi connectivity index (χ4n) is 2.65. The molecule has 1 aromatic carbocycles. The van der Waals surface area contributed by atoms with E-state index >= 15 is 0 Å². The summed E-state index contributed by atoms with van der Waals surface area (Å²) in [5.74, 6) is 1.47. The summed E-state index contributed by atoms with van der Waals surface area (Å²) in [7, 11) is 4.78. The molecule has 0 bridgehead atoms. The van der Waals surface area contributed by atoms with E-state index in [1.165, 1.54) is 0 Å². The first kappa shape index (κ1) is 16.5. The first-order valence-corrected chi connectivity index (χ1v) is 7.25. The Hall–Kier alpha value is -1.85. The molecule has 0 radical (unpaired) electrons. The first-order chi connectivity index (χ1) is 10.7. The smallest absolute Gasteiger partial charge is 0.163 e. The summed E-state index contributed by atoms with van der Waals surface area (Å²) in [5.41, 5.74) is 2.44. The van der Waals surface area contributed by atoms with Crippen molar-refractivity contribution in [2.45, 2.75) is 19.3 Å². The molecule has 0 spiro atoms. The van der Waals surface area contributed by atoms with Gasteiger partial charge >= 0.3 is 0 Å². The van der Waals surface area contributed by atoms with Crippen LogP contribution >= 0.6 is 0 Å². The van der Waals surface area contributed by atoms with Gasteiger partial charge in [0.1, 0.15) is 18.3 Å². The summed E-state index contributed by atoms with van der Waals surface area (Å²) in [6.45, 7) is 0.593. The van der Waals surface area contributed by atoms with Gasteiger partial charge in [-0.2, -0.15) is 0 Å². The summed E-state index contributed by atoms with van der Waals surface area (Å²) >= 11 is 0. The Kier molecular flexibility index (Phi) is 5.98. The average molecular weight is 306 g/mol. The van der Waals surface area contributed by atoms with Gasteiger partial charge < -0.3 is 18.9 Å². The minimum Gasteiger partial charge on any atom is -0.497 e. The average Bonchev–Trinajstić information content (AvgIpc) is 2.54. The molecule has 120 valence electrons. The Morgan fingerprint density at radius 3 is 2.59 bits per heavy atom. The number of benzene rings is 1. The van der Waals surface area contributed by atoms with Gasteiger partial charge in [0.25, 0.3) is 0 Å². The minimum atomic E-state index is 0.119. The van der Waals surface area contributed by atoms with Gasteiger partial charge in [-0.3, -0.25) is 4.79 Å². The van der Waals surface area contributed by atoms with Crippen molar-refractivity contribution >= 4 is 11.4 Å². The van der Waals surface area contributed by atoms with Crippen LogP contribution in [0.4, 0.5) is 0 Å². The lowest BCUT2D eigenvalue weighted by Crippen LogP contribution is -2.15. The van der Waals surface area contributed by atoms with Crippen molar-refractivity contribution < 1.29 is 23.7 Å². The summed E-state index contributed by atoms with van der Waals surface area (Å²) < 4.78 is 21.0. The largest absolute Gasteiger partial charge is 0.497 e. The molecule has 0 saturated carbocycles. The second kappa shape index (κ2) is 7.96. The number of hydrogen-bond acceptors (Lipinski definition) is 5. The molecular formula is C17H22O5. The van der Waals surface area contributed by atoms with E-state index in [0.717, 1.165) is 24.0 Å². The van der Waals surface area contributed by atoms with Gasteiger partial charge in [0.15, 0.2) is 5.78 Å². The molecule has 0 aromatic heterocycles. The third-order valence-corrected chi connectivity index (χ3v) is 3.67. The highest BCUT2D eigenvalue weighted by atomic mass is 16.7. The highest BCUT2D eigenvalue weighted by Crippen LogP contribution is 2.37. The summed E-state index contributed by atoms with van der Waals surface area (Å²) in [6.07, 6.45) is 2.23. The van der Waals surface area contributed by atoms with Crippen LogP contribution in [0.2, 0.25) is 0 Å². The Morgan fingerprint density at radius 1 is 1.09 bits per heavy atom. The van der Waals surface area contributed by atoms with Gasteiger partial charge in [-0.15, -0.1) is 0 Å². The molecule has 22 heavy (non-hydrogen) atoms. The molecular weight excluding hydrogens is 284 g/mol. The van der Waals surface area contributed by atoms with E-state index < -0.39 is 0 Å². The van der Waals surface area contributed by atoms with Crippen LogP contribution in [0.25, 0.3) is 5.57 Å². The number of Topliss-reactive ketones (excluding diaryl/α,β-unsaturated/α-hetero) is 1. The highest BCUT2D eigenvalue weighted by molar-refractivity contribution is 6.23. The van der Waals surface area contributed by atoms with Crippen molar-refractivity contribution in [3.63, 3.8) is 0 Å². The molecule has 0 N–H and O–H groups in total. The molecule has 1 aliphatic carbocycles. The van der Waals surface area contributed by atoms with E-state index in [1.54, 1.807) is 21.3 Å². The lowest BCUT2D eigenvalue weighted by Gasteiger charge is -2.21. The molecule has 0 unspecified atom stereocenters. The number of methoxy groups -OCH3 is 3. The first-order valence-electron chi connectivity index (χ1n) is 7.25. The Balaban J connectivity index is 2.45. The molecule has 0 fully saturated rings. The Bertz CT molecular complexity index is 562. The van der Waals surface area contributed by atoms with Crippen LogP contribution in [0.5, 0.6) is 11.5 Å². The predicted octanol–water partition coefficient (Wildman–Crippen LogP) is 2.83. The van der Waals surface area contributed by atoms with Gasteiger partial charge in [0, 0.05) is 24.7 Å². The molecule has 2 rings (SSSR count). The molecule has 0 atom stereocenters. The van der Waals surface area contributed by atoms with E-state index in [1.807, 2.05) is 18.2 Å². The van der Waals surface area contributed by atoms with Crippen LogP contribution in [0.1, 0.15) is 24.8 Å². The predicted molar refractivity (Wildman–Crippen MR) is 83.2 cm³/mol. The number of carbonyl (C=O) groups excluding carboxylic acids is 1. The van der Waals surface area contributed by atoms with Crippen LogP contribution in [-0.2, 0) is 14.3 Å². The summed E-state index contributed by atoms with van der Waals surface area (Å²) in [5, 5.41) is 0. The van der Waals surface area contributed by atoms with Crippen molar-refractivity contribution in [3.8, 4) is 11.5 Å². The van der Waals surface area contributed by atoms with Crippen molar-refractivity contribution in [3.05, 3.63) is 29.3 Å². The highest BCUT2D eigenvalue weighted by Gasteiger charge is 2.25. The topological polar surface area (TPSA) is 54.0 Å². The maximum Gasteiger partial charge on any atom is 0.163 e. The van der Waals surface area contributed by atoms with Gasteiger partial charge in [0.05, 0.1) is 20.8 Å². The SMILES string of the molecule is COCOCC1=C(c2cc(OC)ccc2OC)C(=O)CCC1. The number of rotatable bonds is 7. The van der Waals surface area contributed by atoms with Gasteiger partial charge in [-0.05, 0) is 36.6 Å². The van der Waals surface area contributed by atoms with Crippen molar-refractivity contribution in [2.75, 3.05) is 34.7 Å². The van der Waals surface area contributed by atoms with Crippen LogP contribution < -0.4 is 9.47 Å². The maximum atomic E-state index is 12.5. The minimum absolute atomic E-state index is 0.119. The number of carbonyl (C=O) groups is 1. The monoisotopic (exact) mass is 306 g/mol. The molecule has 5 heteroatoms. The lowest BCUT2D eigenvalue weighted by atomic mass is 9.86. The molecule has 1 aliphatic rings. The van der Waals surface area contributed by atoms with Crippen molar-refractivity contribution in [1.29, 1.82) is 0 Å². The van der Waals surface area contributed by atoms with Crippen LogP contribution in [0, 0.1) is 0 Å². The number of ether oxygens (including phenoxy) is 4. The molecule has 1 aromatic rings. The van der Waals surface area contributed by atoms with E-state index in [2.05, 4.69) is 0 Å². The fraction of sp³-hybridized carbons (Fsp3) is 0.471. The lowest BCUT2D eigenvalue weighted by molar-refractivity contribution is -0.114. The Morgan fingerprint density at radius 2 is 1.91 bits per heavy atom. The third kappa shape index (κ3) is 3.67. The number of ketones is 1. The summed E-state index contributed by atoms with van der Waals surface area (Å²) in [4.78, 5) is 12.5. The Labute approximate surface area is 130 Å². The van der Waals surface area contributed by atoms with Crippen LogP contribution in [0.3, 0.4) is 0 Å². The van der Waals surface area contributed by atoms with E-state index in [4.69, 9.17) is 18.9 Å². The van der Waals surface area contributed by atoms with Crippen LogP contribution in [0.15, 0.2) is 23.8 Å². The second-order valence-electron chi connectivity index (χ2n) is 5.08. The van der Waals surface area contributed by atoms with E-state index in [-0.39, 0.29) is 12.6 Å². The van der Waals surface area contributed by atoms with Gasteiger partial charge in [0.2, 0.25) is 0 Å². The molecule has 0 heterocycles. The number of allylic oxidation sites excluding steroid dienone is 1. The van der Waals surface area contributed by atoms with Crippen molar-refractivity contribution in [1.82, 2.24) is 0 Å². The van der Waals surface area contributed by atoms with Gasteiger partial charge in [-0.25, -0.2) is 0 Å². The molecule has 0 saturated heterocycles.